The molecule has 0 aromatic heterocycles. The summed E-state index contributed by atoms with van der Waals surface area (Å²) in [6.07, 6.45) is -0.144. The highest BCUT2D eigenvalue weighted by atomic mass is 32.2. The lowest BCUT2D eigenvalue weighted by Crippen LogP contribution is -2.30. The molecule has 0 bridgehead atoms. The van der Waals surface area contributed by atoms with Crippen LogP contribution in [-0.4, -0.2) is 75.2 Å². The van der Waals surface area contributed by atoms with E-state index in [-0.39, 0.29) is 6.61 Å². The number of hydrogen-bond acceptors (Lipinski definition) is 8. The van der Waals surface area contributed by atoms with Gasteiger partial charge in [0.1, 0.15) is 6.04 Å². The summed E-state index contributed by atoms with van der Waals surface area (Å²) in [4.78, 5) is 10.4. The number of aliphatic hydroxyl groups excluding tert-OH is 1. The highest BCUT2D eigenvalue weighted by Gasteiger charge is 2.11. The molecular formula is C10H21NO7S2. The predicted octanol–water partition coefficient (Wildman–Crippen LogP) is -1.12. The van der Waals surface area contributed by atoms with Gasteiger partial charge in [0.2, 0.25) is 0 Å². The standard InChI is InChI=1S/C10H21NO5S.O2S/c1-15-3-4-16-6-8(12)7-17-5-2-9(11)10(13)14;1-3-2/h8-9,12H,2-7,11H2,1H3,(H,13,14);/t8?,9-;/m0./s1. The first-order chi connectivity index (χ1) is 9.49. The van der Waals surface area contributed by atoms with Crippen LogP contribution in [0.3, 0.4) is 0 Å². The Bertz CT molecular complexity index is 274. The number of hydrogen-bond donors (Lipinski definition) is 3. The maximum atomic E-state index is 10.4. The summed E-state index contributed by atoms with van der Waals surface area (Å²) in [6, 6.07) is -0.822. The van der Waals surface area contributed by atoms with Crippen molar-refractivity contribution in [3.63, 3.8) is 0 Å². The van der Waals surface area contributed by atoms with Crippen molar-refractivity contribution in [2.24, 2.45) is 5.73 Å². The average Bonchev–Trinajstić information content (AvgIpc) is 2.40. The number of carbonyl (C=O) groups is 1. The number of carboxylic acid groups (broad SMARTS) is 1. The van der Waals surface area contributed by atoms with Crippen LogP contribution in [0.25, 0.3) is 0 Å². The Balaban J connectivity index is 0. The fourth-order valence-corrected chi connectivity index (χ4v) is 1.92. The minimum Gasteiger partial charge on any atom is -0.480 e. The molecular weight excluding hydrogens is 310 g/mol. The van der Waals surface area contributed by atoms with Crippen LogP contribution in [-0.2, 0) is 25.8 Å². The van der Waals surface area contributed by atoms with Gasteiger partial charge in [-0.3, -0.25) is 4.79 Å². The number of methoxy groups -OCH3 is 1. The Morgan fingerprint density at radius 3 is 2.45 bits per heavy atom. The predicted molar refractivity (Wildman–Crippen MR) is 75.2 cm³/mol. The summed E-state index contributed by atoms with van der Waals surface area (Å²) in [6.45, 7) is 1.23. The van der Waals surface area contributed by atoms with Crippen LogP contribution in [0.5, 0.6) is 0 Å². The van der Waals surface area contributed by atoms with Gasteiger partial charge in [-0.25, -0.2) is 0 Å². The quantitative estimate of drug-likeness (QED) is 0.402. The molecule has 1 unspecified atom stereocenters. The van der Waals surface area contributed by atoms with Crippen LogP contribution in [0.4, 0.5) is 0 Å². The lowest BCUT2D eigenvalue weighted by atomic mass is 10.2. The van der Waals surface area contributed by atoms with Crippen molar-refractivity contribution < 1.29 is 32.9 Å². The largest absolute Gasteiger partial charge is 0.480 e. The molecule has 0 radical (unpaired) electrons. The second kappa shape index (κ2) is 16.5. The van der Waals surface area contributed by atoms with E-state index in [0.29, 0.717) is 31.1 Å². The zero-order chi connectivity index (χ0) is 15.8. The van der Waals surface area contributed by atoms with E-state index in [0.717, 1.165) is 0 Å². The molecule has 0 aliphatic carbocycles. The zero-order valence-corrected chi connectivity index (χ0v) is 12.9. The maximum Gasteiger partial charge on any atom is 0.335 e. The molecule has 4 N–H and O–H groups in total. The maximum absolute atomic E-state index is 10.4. The van der Waals surface area contributed by atoms with Crippen molar-refractivity contribution >= 4 is 29.3 Å². The van der Waals surface area contributed by atoms with Crippen molar-refractivity contribution in [3.8, 4) is 0 Å². The normalized spacial score (nSPS) is 12.9. The third-order valence-corrected chi connectivity index (χ3v) is 3.09. The summed E-state index contributed by atoms with van der Waals surface area (Å²) < 4.78 is 26.5. The Morgan fingerprint density at radius 1 is 1.35 bits per heavy atom. The zero-order valence-electron chi connectivity index (χ0n) is 11.2. The van der Waals surface area contributed by atoms with Gasteiger partial charge in [0, 0.05) is 12.9 Å². The summed E-state index contributed by atoms with van der Waals surface area (Å²) in [5.41, 5.74) is 5.33. The molecule has 0 fully saturated rings. The van der Waals surface area contributed by atoms with E-state index in [2.05, 4.69) is 0 Å². The molecule has 0 rings (SSSR count). The molecule has 0 heterocycles. The Morgan fingerprint density at radius 2 is 1.95 bits per heavy atom. The highest BCUT2D eigenvalue weighted by molar-refractivity contribution is 7.99. The van der Waals surface area contributed by atoms with Gasteiger partial charge < -0.3 is 25.4 Å². The molecule has 2 atom stereocenters. The molecule has 0 spiro atoms. The van der Waals surface area contributed by atoms with Gasteiger partial charge in [0.05, 0.1) is 25.9 Å². The van der Waals surface area contributed by atoms with Crippen molar-refractivity contribution in [2.75, 3.05) is 38.4 Å². The van der Waals surface area contributed by atoms with E-state index < -0.39 is 29.7 Å². The van der Waals surface area contributed by atoms with E-state index in [1.165, 1.54) is 11.8 Å². The van der Waals surface area contributed by atoms with Crippen LogP contribution in [0.15, 0.2) is 0 Å². The second-order valence-electron chi connectivity index (χ2n) is 3.60. The number of thioether (sulfide) groups is 1. The van der Waals surface area contributed by atoms with Gasteiger partial charge in [-0.2, -0.15) is 20.2 Å². The number of aliphatic hydroxyl groups is 1. The summed E-state index contributed by atoms with van der Waals surface area (Å²) in [5, 5.41) is 18.0. The van der Waals surface area contributed by atoms with Gasteiger partial charge >= 0.3 is 17.5 Å². The van der Waals surface area contributed by atoms with Gasteiger partial charge in [-0.1, -0.05) is 0 Å². The molecule has 0 aliphatic heterocycles. The molecule has 20 heavy (non-hydrogen) atoms. The number of rotatable bonds is 11. The number of carboxylic acids is 1. The molecule has 8 nitrogen and oxygen atoms in total. The molecule has 0 aliphatic rings. The first-order valence-electron chi connectivity index (χ1n) is 5.72. The van der Waals surface area contributed by atoms with Gasteiger partial charge in [0.25, 0.3) is 0 Å². The minimum absolute atomic E-state index is 0.265. The van der Waals surface area contributed by atoms with Crippen molar-refractivity contribution in [1.29, 1.82) is 0 Å². The topological polar surface area (TPSA) is 136 Å². The Hall–Kier alpha value is -0.520. The van der Waals surface area contributed by atoms with Crippen LogP contribution in [0.2, 0.25) is 0 Å². The van der Waals surface area contributed by atoms with Crippen molar-refractivity contribution in [2.45, 2.75) is 18.6 Å². The lowest BCUT2D eigenvalue weighted by Gasteiger charge is -2.11. The third kappa shape index (κ3) is 17.5. The molecule has 0 aromatic carbocycles. The van der Waals surface area contributed by atoms with E-state index in [9.17, 15) is 9.90 Å². The minimum atomic E-state index is -0.992. The van der Waals surface area contributed by atoms with E-state index >= 15 is 0 Å². The number of ether oxygens (including phenoxy) is 2. The number of nitrogens with two attached hydrogens (primary N) is 1. The van der Waals surface area contributed by atoms with E-state index in [1.807, 2.05) is 0 Å². The summed E-state index contributed by atoms with van der Waals surface area (Å²) in [7, 11) is 1.58. The Kier molecular flexibility index (Phi) is 18.0. The average molecular weight is 331 g/mol. The van der Waals surface area contributed by atoms with Crippen LogP contribution in [0, 0.1) is 0 Å². The fourth-order valence-electron chi connectivity index (χ4n) is 0.963. The summed E-state index contributed by atoms with van der Waals surface area (Å²) >= 11 is 0.716. The Labute approximate surface area is 125 Å². The summed E-state index contributed by atoms with van der Waals surface area (Å²) in [5.74, 6) is 0.135. The molecule has 0 saturated heterocycles. The lowest BCUT2D eigenvalue weighted by molar-refractivity contribution is -0.138. The highest BCUT2D eigenvalue weighted by Crippen LogP contribution is 2.06. The van der Waals surface area contributed by atoms with Crippen LogP contribution in [0.1, 0.15) is 6.42 Å². The second-order valence-corrected chi connectivity index (χ2v) is 4.88. The molecule has 0 aromatic rings. The monoisotopic (exact) mass is 331 g/mol. The van der Waals surface area contributed by atoms with Crippen LogP contribution < -0.4 is 5.73 Å². The third-order valence-electron chi connectivity index (χ3n) is 1.94. The first kappa shape index (κ1) is 21.8. The van der Waals surface area contributed by atoms with Gasteiger partial charge in [-0.05, 0) is 12.2 Å². The molecule has 0 saturated carbocycles. The van der Waals surface area contributed by atoms with Crippen molar-refractivity contribution in [1.82, 2.24) is 0 Å². The first-order valence-corrected chi connectivity index (χ1v) is 7.54. The van der Waals surface area contributed by atoms with Gasteiger partial charge in [0.15, 0.2) is 0 Å². The fraction of sp³-hybridized carbons (Fsp3) is 0.900. The van der Waals surface area contributed by atoms with E-state index in [4.69, 9.17) is 28.7 Å². The van der Waals surface area contributed by atoms with Crippen molar-refractivity contribution in [3.05, 3.63) is 0 Å². The molecule has 10 heteroatoms. The number of aliphatic carboxylic acids is 1. The SMILES string of the molecule is COCCOCC(O)CSCC[C@H](N)C(=O)O.O=S=O. The van der Waals surface area contributed by atoms with Crippen LogP contribution >= 0.6 is 11.8 Å². The molecule has 120 valence electrons. The molecule has 0 amide bonds. The van der Waals surface area contributed by atoms with Gasteiger partial charge in [-0.15, -0.1) is 0 Å². The smallest absolute Gasteiger partial charge is 0.335 e. The van der Waals surface area contributed by atoms with E-state index in [1.54, 1.807) is 7.11 Å².